The highest BCUT2D eigenvalue weighted by Gasteiger charge is 2.70. The Morgan fingerprint density at radius 3 is 2.36 bits per heavy atom. The molecule has 4 aliphatic rings. The fourth-order valence-electron chi connectivity index (χ4n) is 8.36. The number of fused-ring (bicyclic) bond motifs is 4. The van der Waals surface area contributed by atoms with E-state index >= 15 is 4.79 Å². The second-order valence-electron chi connectivity index (χ2n) is 12.4. The predicted octanol–water partition coefficient (Wildman–Crippen LogP) is 4.71. The minimum atomic E-state index is -1.45. The zero-order valence-electron chi connectivity index (χ0n) is 25.4. The number of anilines is 1. The number of carbonyl (C=O) groups is 4. The molecule has 2 aliphatic carbocycles. The van der Waals surface area contributed by atoms with Crippen molar-refractivity contribution in [2.24, 2.45) is 23.7 Å². The number of nitrogens with one attached hydrogen (secondary N) is 1. The molecule has 4 amide bonds. The number of imide groups is 2. The third-order valence-electron chi connectivity index (χ3n) is 10.3. The summed E-state index contributed by atoms with van der Waals surface area (Å²) < 4.78 is 5.56. The Morgan fingerprint density at radius 2 is 1.67 bits per heavy atom. The molecule has 3 fully saturated rings. The molecule has 9 nitrogen and oxygen atoms in total. The number of phenols is 1. The van der Waals surface area contributed by atoms with Crippen LogP contribution in [-0.4, -0.2) is 52.3 Å². The lowest BCUT2D eigenvalue weighted by Gasteiger charge is -2.50. The van der Waals surface area contributed by atoms with Crippen LogP contribution in [0.1, 0.15) is 42.4 Å². The number of aryl methyl sites for hydroxylation is 1. The van der Waals surface area contributed by atoms with Crippen molar-refractivity contribution >= 4 is 29.3 Å². The number of methoxy groups -OCH3 is 1. The molecule has 0 aromatic heterocycles. The summed E-state index contributed by atoms with van der Waals surface area (Å²) in [6.45, 7) is 4.01. The summed E-state index contributed by atoms with van der Waals surface area (Å²) in [5.41, 5.74) is 5.10. The maximum atomic E-state index is 15.1. The summed E-state index contributed by atoms with van der Waals surface area (Å²) in [5.74, 6) is -4.22. The van der Waals surface area contributed by atoms with E-state index in [0.29, 0.717) is 29.0 Å². The van der Waals surface area contributed by atoms with Gasteiger partial charge < -0.3 is 9.84 Å². The Kier molecular flexibility index (Phi) is 6.80. The molecule has 1 saturated carbocycles. The second kappa shape index (κ2) is 10.6. The number of benzene rings is 3. The number of allylic oxidation sites excluding steroid dienone is 2. The molecule has 230 valence electrons. The van der Waals surface area contributed by atoms with Crippen LogP contribution in [0, 0.1) is 30.6 Å². The molecular weight excluding hydrogens is 570 g/mol. The Balaban J connectivity index is 1.48. The van der Waals surface area contributed by atoms with Gasteiger partial charge >= 0.3 is 0 Å². The van der Waals surface area contributed by atoms with Gasteiger partial charge in [-0.2, -0.15) is 5.01 Å². The Bertz CT molecular complexity index is 1750. The van der Waals surface area contributed by atoms with E-state index in [-0.39, 0.29) is 30.5 Å². The number of nitrogens with zero attached hydrogens (tertiary/aromatic N) is 2. The standard InChI is InChI=1S/C36H35N3O6/c1-4-38-32(41)25-16-15-24-26(30(25)34(38)43)19-28-33(42)39(37-22-12-10-20(2)11-13-22)35(44)36(28,21-8-6-5-7-9-21)31(24)27-18-23(45-3)14-17-29(27)40/h5-15,17-18,25-26,28,30-31,37,40H,4,16,19H2,1-3H3. The predicted molar refractivity (Wildman–Crippen MR) is 166 cm³/mol. The molecule has 2 heterocycles. The van der Waals surface area contributed by atoms with Gasteiger partial charge in [0, 0.05) is 18.0 Å². The summed E-state index contributed by atoms with van der Waals surface area (Å²) in [5, 5.41) is 12.6. The van der Waals surface area contributed by atoms with Gasteiger partial charge in [0.1, 0.15) is 11.5 Å². The van der Waals surface area contributed by atoms with Crippen molar-refractivity contribution in [2.75, 3.05) is 19.1 Å². The average molecular weight is 606 g/mol. The van der Waals surface area contributed by atoms with E-state index in [1.54, 1.807) is 19.1 Å². The van der Waals surface area contributed by atoms with Crippen LogP contribution in [0.5, 0.6) is 11.5 Å². The highest BCUT2D eigenvalue weighted by atomic mass is 16.5. The lowest BCUT2D eigenvalue weighted by Crippen LogP contribution is -2.53. The van der Waals surface area contributed by atoms with Gasteiger partial charge in [-0.3, -0.25) is 29.5 Å². The van der Waals surface area contributed by atoms with E-state index in [1.165, 1.54) is 18.1 Å². The van der Waals surface area contributed by atoms with Gasteiger partial charge in [-0.1, -0.05) is 59.7 Å². The topological polar surface area (TPSA) is 116 Å². The number of carbonyl (C=O) groups excluding carboxylic acids is 4. The minimum absolute atomic E-state index is 0.0484. The Morgan fingerprint density at radius 1 is 0.933 bits per heavy atom. The molecule has 3 aromatic rings. The van der Waals surface area contributed by atoms with Gasteiger partial charge in [-0.25, -0.2) is 0 Å². The molecular formula is C36H35N3O6. The molecule has 2 saturated heterocycles. The molecule has 7 rings (SSSR count). The lowest BCUT2D eigenvalue weighted by atomic mass is 9.49. The summed E-state index contributed by atoms with van der Waals surface area (Å²) in [7, 11) is 1.53. The molecule has 45 heavy (non-hydrogen) atoms. The number of likely N-dealkylation sites (tertiary alicyclic amines) is 1. The molecule has 2 N–H and O–H groups in total. The van der Waals surface area contributed by atoms with Gasteiger partial charge in [-0.05, 0) is 68.5 Å². The van der Waals surface area contributed by atoms with Gasteiger partial charge in [0.25, 0.3) is 11.8 Å². The zero-order chi connectivity index (χ0) is 31.6. The van der Waals surface area contributed by atoms with Crippen molar-refractivity contribution in [2.45, 2.75) is 38.0 Å². The number of ether oxygens (including phenoxy) is 1. The number of hydrogen-bond acceptors (Lipinski definition) is 7. The van der Waals surface area contributed by atoms with E-state index in [0.717, 1.165) is 16.1 Å². The number of hydrazine groups is 1. The first-order chi connectivity index (χ1) is 21.7. The van der Waals surface area contributed by atoms with E-state index in [1.807, 2.05) is 67.6 Å². The van der Waals surface area contributed by atoms with Crippen LogP contribution in [0.25, 0.3) is 0 Å². The van der Waals surface area contributed by atoms with Crippen molar-refractivity contribution in [1.29, 1.82) is 0 Å². The molecule has 0 spiro atoms. The molecule has 6 unspecified atom stereocenters. The highest BCUT2D eigenvalue weighted by molar-refractivity contribution is 6.13. The van der Waals surface area contributed by atoms with E-state index < -0.39 is 46.8 Å². The highest BCUT2D eigenvalue weighted by Crippen LogP contribution is 2.65. The fourth-order valence-corrected chi connectivity index (χ4v) is 8.36. The van der Waals surface area contributed by atoms with Gasteiger partial charge in [-0.15, -0.1) is 0 Å². The monoisotopic (exact) mass is 605 g/mol. The lowest BCUT2D eigenvalue weighted by molar-refractivity contribution is -0.141. The maximum absolute atomic E-state index is 15.1. The number of aromatic hydroxyl groups is 1. The van der Waals surface area contributed by atoms with Crippen molar-refractivity contribution in [3.63, 3.8) is 0 Å². The Labute approximate surface area is 261 Å². The molecule has 6 atom stereocenters. The molecule has 2 aliphatic heterocycles. The number of amides is 4. The number of rotatable bonds is 6. The summed E-state index contributed by atoms with van der Waals surface area (Å²) in [4.78, 5) is 58.1. The molecule has 0 radical (unpaired) electrons. The molecule has 9 heteroatoms. The van der Waals surface area contributed by atoms with Crippen molar-refractivity contribution in [3.05, 3.63) is 101 Å². The maximum Gasteiger partial charge on any atom is 0.260 e. The van der Waals surface area contributed by atoms with Crippen LogP contribution in [0.2, 0.25) is 0 Å². The van der Waals surface area contributed by atoms with E-state index in [2.05, 4.69) is 5.43 Å². The van der Waals surface area contributed by atoms with Crippen molar-refractivity contribution in [3.8, 4) is 11.5 Å². The van der Waals surface area contributed by atoms with E-state index in [4.69, 9.17) is 4.74 Å². The van der Waals surface area contributed by atoms with Crippen molar-refractivity contribution < 1.29 is 29.0 Å². The minimum Gasteiger partial charge on any atom is -0.508 e. The van der Waals surface area contributed by atoms with Crippen LogP contribution >= 0.6 is 0 Å². The van der Waals surface area contributed by atoms with E-state index in [9.17, 15) is 19.5 Å². The van der Waals surface area contributed by atoms with Gasteiger partial charge in [0.2, 0.25) is 11.8 Å². The van der Waals surface area contributed by atoms with Crippen LogP contribution in [-0.2, 0) is 24.6 Å². The van der Waals surface area contributed by atoms with Crippen LogP contribution < -0.4 is 10.2 Å². The van der Waals surface area contributed by atoms with Gasteiger partial charge in [0.15, 0.2) is 0 Å². The third kappa shape index (κ3) is 4.06. The quantitative estimate of drug-likeness (QED) is 0.309. The van der Waals surface area contributed by atoms with Gasteiger partial charge in [0.05, 0.1) is 36.0 Å². The molecule has 3 aromatic carbocycles. The Hall–Kier alpha value is -4.92. The normalized spacial score (nSPS) is 28.9. The van der Waals surface area contributed by atoms with Crippen LogP contribution in [0.4, 0.5) is 5.69 Å². The summed E-state index contributed by atoms with van der Waals surface area (Å²) >= 11 is 0. The first-order valence-corrected chi connectivity index (χ1v) is 15.4. The zero-order valence-corrected chi connectivity index (χ0v) is 25.4. The van der Waals surface area contributed by atoms with Crippen molar-refractivity contribution in [1.82, 2.24) is 9.91 Å². The summed E-state index contributed by atoms with van der Waals surface area (Å²) in [6, 6.07) is 21.5. The second-order valence-corrected chi connectivity index (χ2v) is 12.4. The largest absolute Gasteiger partial charge is 0.508 e. The smallest absolute Gasteiger partial charge is 0.260 e. The number of phenolic OH excluding ortho intramolecular Hbond substituents is 1. The summed E-state index contributed by atoms with van der Waals surface area (Å²) in [6.07, 6.45) is 2.52. The third-order valence-corrected chi connectivity index (χ3v) is 10.3. The van der Waals surface area contributed by atoms with Crippen LogP contribution in [0.15, 0.2) is 84.4 Å². The first kappa shape index (κ1) is 28.8. The van der Waals surface area contributed by atoms with Crippen LogP contribution in [0.3, 0.4) is 0 Å². The molecule has 0 bridgehead atoms. The number of hydrogen-bond donors (Lipinski definition) is 2. The first-order valence-electron chi connectivity index (χ1n) is 15.4. The average Bonchev–Trinajstić information content (AvgIpc) is 3.43. The SMILES string of the molecule is CCN1C(=O)C2CC=C3C(CC4C(=O)N(Nc5ccc(C)cc5)C(=O)C4(c4ccccc4)C3c3cc(OC)ccc3O)C2C1=O. The fraction of sp³-hybridized carbons (Fsp3) is 0.333.